The van der Waals surface area contributed by atoms with Crippen molar-refractivity contribution in [2.75, 3.05) is 11.5 Å². The number of carboxylic acids is 1. The molecule has 0 atom stereocenters. The molecule has 0 spiro atoms. The molecule has 48 heavy (non-hydrogen) atoms. The van der Waals surface area contributed by atoms with E-state index in [1.807, 2.05) is 9.44 Å². The topological polar surface area (TPSA) is 130 Å². The van der Waals surface area contributed by atoms with Gasteiger partial charge in [-0.1, -0.05) is 206 Å². The maximum Gasteiger partial charge on any atom is 0.337 e. The average molecular weight is 723 g/mol. The molecule has 3 N–H and O–H groups in total. The molecule has 0 aromatic rings. The number of sulfonamides is 2. The first-order valence-corrected chi connectivity index (χ1v) is 23.7. The Labute approximate surface area is 298 Å². The lowest BCUT2D eigenvalue weighted by Crippen LogP contribution is -2.53. The van der Waals surface area contributed by atoms with Crippen molar-refractivity contribution in [3.63, 3.8) is 0 Å². The van der Waals surface area contributed by atoms with Gasteiger partial charge in [-0.25, -0.2) is 21.6 Å². The Morgan fingerprint density at radius 1 is 0.396 bits per heavy atom. The fourth-order valence-electron chi connectivity index (χ4n) is 6.28. The molecule has 0 aliphatic heterocycles. The Hall–Kier alpha value is -0.710. The Balaban J connectivity index is 3.87. The zero-order valence-electron chi connectivity index (χ0n) is 31.4. The van der Waals surface area contributed by atoms with E-state index >= 15 is 0 Å². The third-order valence-electron chi connectivity index (χ3n) is 9.38. The molecule has 0 saturated carbocycles. The first-order valence-electron chi connectivity index (χ1n) is 20.4. The summed E-state index contributed by atoms with van der Waals surface area (Å²) in [5.41, 5.74) is 0. The summed E-state index contributed by atoms with van der Waals surface area (Å²) in [6.45, 7) is 4.50. The molecule has 10 heteroatoms. The van der Waals surface area contributed by atoms with E-state index in [-0.39, 0.29) is 11.5 Å². The van der Waals surface area contributed by atoms with E-state index in [4.69, 9.17) is 0 Å². The van der Waals surface area contributed by atoms with Crippen LogP contribution in [0.15, 0.2) is 0 Å². The summed E-state index contributed by atoms with van der Waals surface area (Å²) in [5, 5.41) is 9.47. The Bertz CT molecular complexity index is 859. The molecule has 0 heterocycles. The minimum absolute atomic E-state index is 0.212. The number of rotatable bonds is 39. The number of hydrogen-bond donors (Lipinski definition) is 3. The molecule has 0 saturated heterocycles. The van der Waals surface area contributed by atoms with Crippen molar-refractivity contribution >= 4 is 26.0 Å². The number of hydrogen-bond acceptors (Lipinski definition) is 5. The first kappa shape index (κ1) is 47.3. The fourth-order valence-corrected chi connectivity index (χ4v) is 8.80. The fraction of sp³-hybridized carbons (Fsp3) is 0.974. The van der Waals surface area contributed by atoms with Crippen LogP contribution in [0.1, 0.15) is 219 Å². The second-order valence-corrected chi connectivity index (χ2v) is 18.0. The van der Waals surface area contributed by atoms with Gasteiger partial charge in [-0.15, -0.1) is 0 Å². The lowest BCUT2D eigenvalue weighted by molar-refractivity contribution is -0.139. The lowest BCUT2D eigenvalue weighted by Gasteiger charge is -2.16. The monoisotopic (exact) mass is 723 g/mol. The van der Waals surface area contributed by atoms with Gasteiger partial charge in [-0.05, 0) is 12.8 Å². The van der Waals surface area contributed by atoms with Crippen LogP contribution in [0.5, 0.6) is 0 Å². The van der Waals surface area contributed by atoms with Crippen LogP contribution in [-0.2, 0) is 24.8 Å². The van der Waals surface area contributed by atoms with Crippen molar-refractivity contribution in [1.82, 2.24) is 9.44 Å². The quantitative estimate of drug-likeness (QED) is 0.0428. The van der Waals surface area contributed by atoms with Gasteiger partial charge in [-0.2, -0.15) is 9.44 Å². The molecule has 0 bridgehead atoms. The smallest absolute Gasteiger partial charge is 0.337 e. The molecule has 0 rings (SSSR count). The van der Waals surface area contributed by atoms with Gasteiger partial charge in [0, 0.05) is 0 Å². The first-order chi connectivity index (χ1) is 23.1. The Morgan fingerprint density at radius 2 is 0.583 bits per heavy atom. The Morgan fingerprint density at radius 3 is 0.771 bits per heavy atom. The number of aliphatic carboxylic acids is 1. The van der Waals surface area contributed by atoms with Crippen molar-refractivity contribution in [2.45, 2.75) is 225 Å². The molecule has 0 fully saturated rings. The van der Waals surface area contributed by atoms with Crippen molar-refractivity contribution in [3.05, 3.63) is 0 Å². The zero-order chi connectivity index (χ0) is 35.6. The molecule has 0 radical (unpaired) electrons. The van der Waals surface area contributed by atoms with Crippen LogP contribution in [0.25, 0.3) is 0 Å². The maximum absolute atomic E-state index is 12.5. The summed E-state index contributed by atoms with van der Waals surface area (Å²) in [5.74, 6) is -1.98. The third-order valence-corrected chi connectivity index (χ3v) is 12.2. The van der Waals surface area contributed by atoms with Gasteiger partial charge in [0.05, 0.1) is 11.5 Å². The average Bonchev–Trinajstić information content (AvgIpc) is 3.03. The summed E-state index contributed by atoms with van der Waals surface area (Å²) >= 11 is 0. The predicted octanol–water partition coefficient (Wildman–Crippen LogP) is 10.8. The highest BCUT2D eigenvalue weighted by atomic mass is 32.2. The van der Waals surface area contributed by atoms with Crippen LogP contribution >= 0.6 is 0 Å². The molecule has 0 aromatic heterocycles. The summed E-state index contributed by atoms with van der Waals surface area (Å²) in [7, 11) is -7.85. The van der Waals surface area contributed by atoms with Gasteiger partial charge in [0.1, 0.15) is 0 Å². The minimum Gasteiger partial charge on any atom is -0.479 e. The molecule has 288 valence electrons. The van der Waals surface area contributed by atoms with Crippen molar-refractivity contribution in [3.8, 4) is 0 Å². The van der Waals surface area contributed by atoms with Crippen LogP contribution in [-0.4, -0.2) is 45.6 Å². The van der Waals surface area contributed by atoms with Gasteiger partial charge in [0.15, 0.2) is 6.17 Å². The number of carbonyl (C=O) groups is 1. The molecule has 0 amide bonds. The normalized spacial score (nSPS) is 12.3. The molecular weight excluding hydrogens is 645 g/mol. The van der Waals surface area contributed by atoms with E-state index in [1.165, 1.54) is 141 Å². The molecule has 8 nitrogen and oxygen atoms in total. The lowest BCUT2D eigenvalue weighted by atomic mass is 10.0. The van der Waals surface area contributed by atoms with E-state index in [1.54, 1.807) is 0 Å². The van der Waals surface area contributed by atoms with Crippen molar-refractivity contribution in [2.24, 2.45) is 0 Å². The zero-order valence-corrected chi connectivity index (χ0v) is 33.1. The van der Waals surface area contributed by atoms with Gasteiger partial charge >= 0.3 is 5.97 Å². The van der Waals surface area contributed by atoms with E-state index in [0.29, 0.717) is 12.8 Å². The third kappa shape index (κ3) is 33.8. The van der Waals surface area contributed by atoms with E-state index in [0.717, 1.165) is 51.4 Å². The molecule has 0 aromatic carbocycles. The Kier molecular flexibility index (Phi) is 32.9. The second kappa shape index (κ2) is 33.4. The van der Waals surface area contributed by atoms with Gasteiger partial charge in [-0.3, -0.25) is 0 Å². The largest absolute Gasteiger partial charge is 0.479 e. The SMILES string of the molecule is CCCCCCCCCCCCCCCCCCS(=O)(=O)NC(NS(=O)(=O)CCCCCCCCCCCCCCCCCC)C(=O)O. The molecule has 0 aliphatic carbocycles. The maximum atomic E-state index is 12.5. The number of carboxylic acid groups (broad SMARTS) is 1. The van der Waals surface area contributed by atoms with E-state index in [2.05, 4.69) is 13.8 Å². The highest BCUT2D eigenvalue weighted by Crippen LogP contribution is 2.15. The molecular formula is C38H78N2O6S2. The molecule has 0 aliphatic rings. The summed E-state index contributed by atoms with van der Waals surface area (Å²) in [4.78, 5) is 11.6. The summed E-state index contributed by atoms with van der Waals surface area (Å²) in [6, 6.07) is 0. The predicted molar refractivity (Wildman–Crippen MR) is 204 cm³/mol. The van der Waals surface area contributed by atoms with Crippen LogP contribution in [0.4, 0.5) is 0 Å². The summed E-state index contributed by atoms with van der Waals surface area (Å²) < 4.78 is 54.0. The number of unbranched alkanes of at least 4 members (excludes halogenated alkanes) is 30. The minimum atomic E-state index is -3.93. The standard InChI is InChI=1S/C38H78N2O6S2/c1-3-5-7-9-11-13-15-17-19-21-23-25-27-29-31-33-35-47(43,44)39-37(38(41)42)40-48(45,46)36-34-32-30-28-26-24-22-20-18-16-14-12-10-8-6-4-2/h37,39-40H,3-36H2,1-2H3,(H,41,42). The van der Waals surface area contributed by atoms with Crippen LogP contribution < -0.4 is 9.44 Å². The van der Waals surface area contributed by atoms with Gasteiger partial charge in [0.25, 0.3) is 0 Å². The second-order valence-electron chi connectivity index (χ2n) is 14.3. The van der Waals surface area contributed by atoms with Crippen molar-refractivity contribution < 1.29 is 26.7 Å². The van der Waals surface area contributed by atoms with Crippen molar-refractivity contribution in [1.29, 1.82) is 0 Å². The highest BCUT2D eigenvalue weighted by molar-refractivity contribution is 7.90. The van der Waals surface area contributed by atoms with Gasteiger partial charge < -0.3 is 5.11 Å². The van der Waals surface area contributed by atoms with Crippen LogP contribution in [0, 0.1) is 0 Å². The number of nitrogens with one attached hydrogen (secondary N) is 2. The van der Waals surface area contributed by atoms with E-state index in [9.17, 15) is 26.7 Å². The highest BCUT2D eigenvalue weighted by Gasteiger charge is 2.28. The van der Waals surface area contributed by atoms with E-state index < -0.39 is 32.2 Å². The van der Waals surface area contributed by atoms with Crippen LogP contribution in [0.2, 0.25) is 0 Å². The summed E-state index contributed by atoms with van der Waals surface area (Å²) in [6.07, 6.45) is 36.0. The van der Waals surface area contributed by atoms with Gasteiger partial charge in [0.2, 0.25) is 20.0 Å². The van der Waals surface area contributed by atoms with Crippen LogP contribution in [0.3, 0.4) is 0 Å². The molecule has 0 unspecified atom stereocenters.